The minimum Gasteiger partial charge on any atom is -0.352 e. The molecule has 1 nitrogen and oxygen atoms in total. The smallest absolute Gasteiger partial charge is 0.101 e. The van der Waals surface area contributed by atoms with E-state index >= 15 is 0 Å². The van der Waals surface area contributed by atoms with Crippen LogP contribution in [-0.4, -0.2) is 4.98 Å². The van der Waals surface area contributed by atoms with Crippen LogP contribution in [0.2, 0.25) is 0 Å². The highest BCUT2D eigenvalue weighted by atomic mass is 79.9. The third-order valence-electron chi connectivity index (χ3n) is 1.25. The number of aromatic nitrogens is 1. The van der Waals surface area contributed by atoms with E-state index in [-0.39, 0.29) is 0 Å². The van der Waals surface area contributed by atoms with Crippen molar-refractivity contribution in [3.63, 3.8) is 0 Å². The summed E-state index contributed by atoms with van der Waals surface area (Å²) in [6.45, 7) is 0. The van der Waals surface area contributed by atoms with Crippen molar-refractivity contribution in [3.05, 3.63) is 22.1 Å². The lowest BCUT2D eigenvalue weighted by molar-refractivity contribution is 1.49. The standard InChI is InChI=1S/C6H4BrNS/c7-5-3-8-6-4(5)1-2-9-6/h1-3,8H. The number of thiophene rings is 1. The van der Waals surface area contributed by atoms with Gasteiger partial charge in [-0.1, -0.05) is 0 Å². The minimum absolute atomic E-state index is 1.15. The number of rotatable bonds is 0. The highest BCUT2D eigenvalue weighted by molar-refractivity contribution is 9.10. The van der Waals surface area contributed by atoms with E-state index in [1.807, 2.05) is 6.20 Å². The molecule has 0 saturated heterocycles. The van der Waals surface area contributed by atoms with Crippen molar-refractivity contribution in [2.75, 3.05) is 0 Å². The maximum absolute atomic E-state index is 3.42. The van der Waals surface area contributed by atoms with Crippen LogP contribution in [0.25, 0.3) is 10.2 Å². The van der Waals surface area contributed by atoms with Gasteiger partial charge in [-0.05, 0) is 27.4 Å². The van der Waals surface area contributed by atoms with E-state index in [1.165, 1.54) is 10.2 Å². The Morgan fingerprint density at radius 2 is 2.44 bits per heavy atom. The van der Waals surface area contributed by atoms with Crippen molar-refractivity contribution >= 4 is 37.5 Å². The number of hydrogen-bond acceptors (Lipinski definition) is 1. The van der Waals surface area contributed by atoms with Crippen LogP contribution in [0.1, 0.15) is 0 Å². The van der Waals surface area contributed by atoms with Crippen LogP contribution in [0.4, 0.5) is 0 Å². The summed E-state index contributed by atoms with van der Waals surface area (Å²) in [5.74, 6) is 0. The van der Waals surface area contributed by atoms with Gasteiger partial charge in [-0.15, -0.1) is 11.3 Å². The largest absolute Gasteiger partial charge is 0.352 e. The van der Waals surface area contributed by atoms with Crippen LogP contribution in [0.5, 0.6) is 0 Å². The Kier molecular flexibility index (Phi) is 1.13. The Hall–Kier alpha value is -0.280. The normalized spacial score (nSPS) is 10.8. The fourth-order valence-corrected chi connectivity index (χ4v) is 2.16. The van der Waals surface area contributed by atoms with Gasteiger partial charge in [-0.3, -0.25) is 0 Å². The van der Waals surface area contributed by atoms with Gasteiger partial charge >= 0.3 is 0 Å². The van der Waals surface area contributed by atoms with Crippen molar-refractivity contribution in [1.29, 1.82) is 0 Å². The van der Waals surface area contributed by atoms with Crippen LogP contribution < -0.4 is 0 Å². The third-order valence-corrected chi connectivity index (χ3v) is 2.75. The van der Waals surface area contributed by atoms with E-state index in [9.17, 15) is 0 Å². The van der Waals surface area contributed by atoms with Gasteiger partial charge < -0.3 is 4.98 Å². The maximum Gasteiger partial charge on any atom is 0.101 e. The second-order valence-corrected chi connectivity index (χ2v) is 3.57. The lowest BCUT2D eigenvalue weighted by Crippen LogP contribution is -1.46. The molecule has 0 radical (unpaired) electrons. The van der Waals surface area contributed by atoms with E-state index in [2.05, 4.69) is 32.4 Å². The Morgan fingerprint density at radius 3 is 3.22 bits per heavy atom. The molecule has 0 aliphatic rings. The molecule has 46 valence electrons. The second-order valence-electron chi connectivity index (χ2n) is 1.80. The molecule has 9 heavy (non-hydrogen) atoms. The van der Waals surface area contributed by atoms with Crippen molar-refractivity contribution in [2.45, 2.75) is 0 Å². The molecule has 0 unspecified atom stereocenters. The number of hydrogen-bond donors (Lipinski definition) is 1. The molecule has 0 aliphatic carbocycles. The zero-order valence-corrected chi connectivity index (χ0v) is 6.92. The Morgan fingerprint density at radius 1 is 1.56 bits per heavy atom. The van der Waals surface area contributed by atoms with Crippen LogP contribution >= 0.6 is 27.3 Å². The van der Waals surface area contributed by atoms with Crippen molar-refractivity contribution in [2.24, 2.45) is 0 Å². The molecule has 0 atom stereocenters. The molecule has 2 aromatic rings. The Balaban J connectivity index is 2.99. The van der Waals surface area contributed by atoms with Gasteiger partial charge in [0.1, 0.15) is 4.83 Å². The average molecular weight is 202 g/mol. The van der Waals surface area contributed by atoms with Gasteiger partial charge in [0.05, 0.1) is 0 Å². The monoisotopic (exact) mass is 201 g/mol. The summed E-state index contributed by atoms with van der Waals surface area (Å²) >= 11 is 5.14. The molecule has 3 heteroatoms. The summed E-state index contributed by atoms with van der Waals surface area (Å²) in [6.07, 6.45) is 1.96. The topological polar surface area (TPSA) is 15.8 Å². The van der Waals surface area contributed by atoms with Gasteiger partial charge in [0, 0.05) is 16.1 Å². The lowest BCUT2D eigenvalue weighted by atomic mass is 10.4. The summed E-state index contributed by atoms with van der Waals surface area (Å²) in [7, 11) is 0. The van der Waals surface area contributed by atoms with Crippen LogP contribution in [-0.2, 0) is 0 Å². The average Bonchev–Trinajstić information content (AvgIpc) is 2.35. The third kappa shape index (κ3) is 0.721. The molecular formula is C6H4BrNS. The predicted molar refractivity (Wildman–Crippen MR) is 43.9 cm³/mol. The Bertz CT molecular complexity index is 322. The van der Waals surface area contributed by atoms with E-state index in [1.54, 1.807) is 11.3 Å². The highest BCUT2D eigenvalue weighted by Gasteiger charge is 1.98. The molecule has 0 aromatic carbocycles. The molecule has 0 fully saturated rings. The minimum atomic E-state index is 1.15. The first-order chi connectivity index (χ1) is 4.38. The molecule has 0 bridgehead atoms. The molecule has 0 aliphatic heterocycles. The molecule has 2 heterocycles. The fourth-order valence-electron chi connectivity index (χ4n) is 0.816. The molecule has 0 spiro atoms. The van der Waals surface area contributed by atoms with E-state index in [4.69, 9.17) is 0 Å². The zero-order chi connectivity index (χ0) is 6.27. The summed E-state index contributed by atoms with van der Waals surface area (Å²) in [4.78, 5) is 4.38. The van der Waals surface area contributed by atoms with Gasteiger partial charge in [0.25, 0.3) is 0 Å². The van der Waals surface area contributed by atoms with Crippen LogP contribution in [0.3, 0.4) is 0 Å². The molecule has 0 amide bonds. The van der Waals surface area contributed by atoms with E-state index in [0.717, 1.165) is 4.47 Å². The maximum atomic E-state index is 3.42. The van der Waals surface area contributed by atoms with E-state index < -0.39 is 0 Å². The lowest BCUT2D eigenvalue weighted by Gasteiger charge is -1.72. The first-order valence-corrected chi connectivity index (χ1v) is 4.25. The molecule has 1 N–H and O–H groups in total. The predicted octanol–water partition coefficient (Wildman–Crippen LogP) is 2.99. The number of fused-ring (bicyclic) bond motifs is 1. The number of H-pyrrole nitrogens is 1. The quantitative estimate of drug-likeness (QED) is 0.675. The molecule has 0 saturated carbocycles. The number of nitrogens with one attached hydrogen (secondary N) is 1. The van der Waals surface area contributed by atoms with Crippen molar-refractivity contribution in [1.82, 2.24) is 4.98 Å². The number of halogens is 1. The van der Waals surface area contributed by atoms with Gasteiger partial charge in [-0.25, -0.2) is 0 Å². The summed E-state index contributed by atoms with van der Waals surface area (Å²) in [5, 5.41) is 3.35. The second kappa shape index (κ2) is 1.85. The molecular weight excluding hydrogens is 198 g/mol. The van der Waals surface area contributed by atoms with Crippen molar-refractivity contribution in [3.8, 4) is 0 Å². The fraction of sp³-hybridized carbons (Fsp3) is 0. The highest BCUT2D eigenvalue weighted by Crippen LogP contribution is 2.26. The van der Waals surface area contributed by atoms with Gasteiger partial charge in [-0.2, -0.15) is 0 Å². The molecule has 2 rings (SSSR count). The number of aromatic amines is 1. The van der Waals surface area contributed by atoms with Crippen LogP contribution in [0.15, 0.2) is 22.1 Å². The summed E-state index contributed by atoms with van der Waals surface area (Å²) in [6, 6.07) is 2.10. The van der Waals surface area contributed by atoms with E-state index in [0.29, 0.717) is 0 Å². The molecule has 2 aromatic heterocycles. The van der Waals surface area contributed by atoms with Crippen molar-refractivity contribution < 1.29 is 0 Å². The summed E-state index contributed by atoms with van der Waals surface area (Å²) < 4.78 is 1.15. The van der Waals surface area contributed by atoms with Gasteiger partial charge in [0.2, 0.25) is 0 Å². The first kappa shape index (κ1) is 5.50. The first-order valence-electron chi connectivity index (χ1n) is 2.58. The SMILES string of the molecule is Brc1c[nH]c2sccc12. The zero-order valence-electron chi connectivity index (χ0n) is 4.52. The van der Waals surface area contributed by atoms with Gasteiger partial charge in [0.15, 0.2) is 0 Å². The summed E-state index contributed by atoms with van der Waals surface area (Å²) in [5.41, 5.74) is 0. The Labute approximate surface area is 64.8 Å². The van der Waals surface area contributed by atoms with Crippen LogP contribution in [0, 0.1) is 0 Å².